The first-order chi connectivity index (χ1) is 13.4. The molecule has 0 radical (unpaired) electrons. The molecule has 1 N–H and O–H groups in total. The Balaban J connectivity index is 1.85. The number of carbonyl (C=O) groups is 1. The molecule has 0 unspecified atom stereocenters. The Morgan fingerprint density at radius 1 is 0.786 bits per heavy atom. The predicted molar refractivity (Wildman–Crippen MR) is 122 cm³/mol. The van der Waals surface area contributed by atoms with Crippen LogP contribution in [-0.2, 0) is 0 Å². The number of rotatable bonds is 5. The average Bonchev–Trinajstić information content (AvgIpc) is 2.69. The maximum Gasteiger partial charge on any atom is 0.255 e. The van der Waals surface area contributed by atoms with E-state index in [1.807, 2.05) is 54.6 Å². The molecule has 0 aromatic heterocycles. The number of hydrogen-bond donors (Lipinski definition) is 1. The molecule has 1 amide bonds. The van der Waals surface area contributed by atoms with Crippen molar-refractivity contribution in [2.75, 3.05) is 5.32 Å². The second-order valence-electron chi connectivity index (χ2n) is 7.68. The van der Waals surface area contributed by atoms with Gasteiger partial charge in [0.2, 0.25) is 0 Å². The first kappa shape index (κ1) is 20.3. The third-order valence-electron chi connectivity index (χ3n) is 4.88. The smallest absolute Gasteiger partial charge is 0.255 e. The van der Waals surface area contributed by atoms with Gasteiger partial charge in [-0.25, -0.2) is 0 Å². The highest BCUT2D eigenvalue weighted by molar-refractivity contribution is 9.10. The van der Waals surface area contributed by atoms with Crippen LogP contribution in [-0.4, -0.2) is 5.91 Å². The van der Waals surface area contributed by atoms with Gasteiger partial charge in [-0.05, 0) is 58.4 Å². The van der Waals surface area contributed by atoms with E-state index in [1.165, 1.54) is 0 Å². The zero-order chi connectivity index (χ0) is 20.3. The number of carbonyl (C=O) groups excluding carboxylic acids is 1. The molecule has 0 aliphatic carbocycles. The first-order valence-electron chi connectivity index (χ1n) is 9.67. The normalized spacial score (nSPS) is 11.1. The maximum atomic E-state index is 12.9. The molecule has 0 saturated heterocycles. The van der Waals surface area contributed by atoms with Crippen LogP contribution in [0.1, 0.15) is 61.0 Å². The lowest BCUT2D eigenvalue weighted by Crippen LogP contribution is -2.13. The third kappa shape index (κ3) is 4.53. The average molecular weight is 436 g/mol. The van der Waals surface area contributed by atoms with Crippen molar-refractivity contribution < 1.29 is 4.79 Å². The molecule has 0 aliphatic heterocycles. The molecule has 3 heteroatoms. The van der Waals surface area contributed by atoms with Gasteiger partial charge in [0.25, 0.3) is 5.91 Å². The van der Waals surface area contributed by atoms with Crippen molar-refractivity contribution in [1.29, 1.82) is 0 Å². The van der Waals surface area contributed by atoms with Gasteiger partial charge in [-0.3, -0.25) is 4.79 Å². The number of benzene rings is 3. The lowest BCUT2D eigenvalue weighted by atomic mass is 9.93. The molecule has 28 heavy (non-hydrogen) atoms. The summed E-state index contributed by atoms with van der Waals surface area (Å²) in [6, 6.07) is 22.2. The van der Waals surface area contributed by atoms with Crippen molar-refractivity contribution in [3.8, 4) is 11.1 Å². The SMILES string of the molecule is CC(C)c1cc(C(=O)Nc2ccc(-c3ccccc3)cc2)cc(C(C)C)c1Br. The fourth-order valence-electron chi connectivity index (χ4n) is 3.22. The number of amides is 1. The van der Waals surface area contributed by atoms with Gasteiger partial charge in [-0.15, -0.1) is 0 Å². The van der Waals surface area contributed by atoms with Gasteiger partial charge >= 0.3 is 0 Å². The monoisotopic (exact) mass is 435 g/mol. The molecule has 0 saturated carbocycles. The molecule has 144 valence electrons. The van der Waals surface area contributed by atoms with Crippen molar-refractivity contribution in [3.05, 3.63) is 87.9 Å². The molecule has 0 spiro atoms. The molecule has 0 atom stereocenters. The van der Waals surface area contributed by atoms with Gasteiger partial charge in [0, 0.05) is 15.7 Å². The Kier molecular flexibility index (Phi) is 6.35. The Labute approximate surface area is 176 Å². The summed E-state index contributed by atoms with van der Waals surface area (Å²) in [4.78, 5) is 12.9. The maximum absolute atomic E-state index is 12.9. The Hall–Kier alpha value is -2.39. The summed E-state index contributed by atoms with van der Waals surface area (Å²) in [5.74, 6) is 0.596. The van der Waals surface area contributed by atoms with Crippen LogP contribution in [0.3, 0.4) is 0 Å². The van der Waals surface area contributed by atoms with Crippen molar-refractivity contribution in [3.63, 3.8) is 0 Å². The van der Waals surface area contributed by atoms with Crippen LogP contribution < -0.4 is 5.32 Å². The minimum absolute atomic E-state index is 0.0799. The van der Waals surface area contributed by atoms with E-state index in [9.17, 15) is 4.79 Å². The van der Waals surface area contributed by atoms with Crippen molar-refractivity contribution in [2.24, 2.45) is 0 Å². The highest BCUT2D eigenvalue weighted by Gasteiger charge is 2.17. The summed E-state index contributed by atoms with van der Waals surface area (Å²) in [7, 11) is 0. The van der Waals surface area contributed by atoms with E-state index in [0.29, 0.717) is 17.4 Å². The number of halogens is 1. The second kappa shape index (κ2) is 8.74. The van der Waals surface area contributed by atoms with Gasteiger partial charge in [0.15, 0.2) is 0 Å². The summed E-state index contributed by atoms with van der Waals surface area (Å²) < 4.78 is 1.11. The third-order valence-corrected chi connectivity index (χ3v) is 5.80. The largest absolute Gasteiger partial charge is 0.322 e. The fraction of sp³-hybridized carbons (Fsp3) is 0.240. The summed E-state index contributed by atoms with van der Waals surface area (Å²) in [5, 5.41) is 3.03. The lowest BCUT2D eigenvalue weighted by Gasteiger charge is -2.18. The minimum atomic E-state index is -0.0799. The topological polar surface area (TPSA) is 29.1 Å². The van der Waals surface area contributed by atoms with Crippen molar-refractivity contribution in [2.45, 2.75) is 39.5 Å². The van der Waals surface area contributed by atoms with E-state index in [-0.39, 0.29) is 5.91 Å². The van der Waals surface area contributed by atoms with Crippen molar-refractivity contribution in [1.82, 2.24) is 0 Å². The molecule has 0 heterocycles. The summed E-state index contributed by atoms with van der Waals surface area (Å²) in [6.07, 6.45) is 0. The van der Waals surface area contributed by atoms with Crippen molar-refractivity contribution >= 4 is 27.5 Å². The van der Waals surface area contributed by atoms with Crippen LogP contribution in [0.5, 0.6) is 0 Å². The second-order valence-corrected chi connectivity index (χ2v) is 8.47. The molecule has 0 aliphatic rings. The first-order valence-corrected chi connectivity index (χ1v) is 10.5. The van der Waals surface area contributed by atoms with E-state index in [1.54, 1.807) is 0 Å². The quantitative estimate of drug-likeness (QED) is 0.438. The van der Waals surface area contributed by atoms with Gasteiger partial charge in [0.1, 0.15) is 0 Å². The van der Waals surface area contributed by atoms with Gasteiger partial charge in [0.05, 0.1) is 0 Å². The highest BCUT2D eigenvalue weighted by Crippen LogP contribution is 2.34. The molecule has 3 aromatic carbocycles. The van der Waals surface area contributed by atoms with Crippen LogP contribution in [0, 0.1) is 0 Å². The van der Waals surface area contributed by atoms with Crippen LogP contribution in [0.4, 0.5) is 5.69 Å². The lowest BCUT2D eigenvalue weighted by molar-refractivity contribution is 0.102. The van der Waals surface area contributed by atoms with Gasteiger partial charge in [-0.1, -0.05) is 86.1 Å². The fourth-order valence-corrected chi connectivity index (χ4v) is 4.37. The Morgan fingerprint density at radius 3 is 1.79 bits per heavy atom. The molecular formula is C25H26BrNO. The summed E-state index contributed by atoms with van der Waals surface area (Å²) >= 11 is 3.73. The van der Waals surface area contributed by atoms with E-state index in [0.717, 1.165) is 32.4 Å². The highest BCUT2D eigenvalue weighted by atomic mass is 79.9. The molecule has 2 nitrogen and oxygen atoms in total. The van der Waals surface area contributed by atoms with Gasteiger partial charge in [-0.2, -0.15) is 0 Å². The summed E-state index contributed by atoms with van der Waals surface area (Å²) in [5.41, 5.74) is 6.11. The van der Waals surface area contributed by atoms with E-state index >= 15 is 0 Å². The molecule has 3 aromatic rings. The van der Waals surface area contributed by atoms with Gasteiger partial charge < -0.3 is 5.32 Å². The molecular weight excluding hydrogens is 410 g/mol. The predicted octanol–water partition coefficient (Wildman–Crippen LogP) is 7.62. The van der Waals surface area contributed by atoms with E-state index in [2.05, 4.69) is 61.1 Å². The van der Waals surface area contributed by atoms with Crippen LogP contribution in [0.15, 0.2) is 71.2 Å². The van der Waals surface area contributed by atoms with Crippen LogP contribution in [0.2, 0.25) is 0 Å². The molecule has 0 fully saturated rings. The zero-order valence-corrected chi connectivity index (χ0v) is 18.4. The van der Waals surface area contributed by atoms with Crippen LogP contribution in [0.25, 0.3) is 11.1 Å². The number of nitrogens with one attached hydrogen (secondary N) is 1. The number of hydrogen-bond acceptors (Lipinski definition) is 1. The summed E-state index contributed by atoms with van der Waals surface area (Å²) in [6.45, 7) is 8.59. The minimum Gasteiger partial charge on any atom is -0.322 e. The van der Waals surface area contributed by atoms with Crippen LogP contribution >= 0.6 is 15.9 Å². The standard InChI is InChI=1S/C25H26BrNO/c1-16(2)22-14-20(15-23(17(3)4)24(22)26)25(28)27-21-12-10-19(11-13-21)18-8-6-5-7-9-18/h5-17H,1-4H3,(H,27,28). The van der Waals surface area contributed by atoms with E-state index in [4.69, 9.17) is 0 Å². The van der Waals surface area contributed by atoms with E-state index < -0.39 is 0 Å². The Bertz CT molecular complexity index is 931. The zero-order valence-electron chi connectivity index (χ0n) is 16.8. The number of anilines is 1. The molecule has 0 bridgehead atoms. The Morgan fingerprint density at radius 2 is 1.29 bits per heavy atom. The molecule has 3 rings (SSSR count).